The summed E-state index contributed by atoms with van der Waals surface area (Å²) in [5.74, 6) is 1.73. The Morgan fingerprint density at radius 2 is 2.20 bits per heavy atom. The number of Topliss-reactive ketones (excluding diaryl/α,β-unsaturated/α-hetero) is 1. The highest BCUT2D eigenvalue weighted by Crippen LogP contribution is 2.12. The van der Waals surface area contributed by atoms with E-state index in [9.17, 15) is 4.79 Å². The molecule has 10 heavy (non-hydrogen) atoms. The summed E-state index contributed by atoms with van der Waals surface area (Å²) >= 11 is 3.76. The lowest BCUT2D eigenvalue weighted by Gasteiger charge is -2.09. The first kappa shape index (κ1) is 10.0. The molecule has 0 saturated carbocycles. The van der Waals surface area contributed by atoms with Crippen molar-refractivity contribution in [2.75, 3.05) is 0 Å². The molecular formula is C8H14OS. The molecule has 0 spiro atoms. The molecule has 0 amide bonds. The van der Waals surface area contributed by atoms with E-state index in [1.807, 2.05) is 0 Å². The minimum absolute atomic E-state index is 0.0250. The summed E-state index contributed by atoms with van der Waals surface area (Å²) < 4.78 is 0. The van der Waals surface area contributed by atoms with Crippen LogP contribution in [0.5, 0.6) is 0 Å². The lowest BCUT2D eigenvalue weighted by Crippen LogP contribution is -2.11. The maximum absolute atomic E-state index is 10.9. The second kappa shape index (κ2) is 4.78. The van der Waals surface area contributed by atoms with Crippen LogP contribution in [0.3, 0.4) is 0 Å². The van der Waals surface area contributed by atoms with E-state index < -0.39 is 0 Å². The van der Waals surface area contributed by atoms with Gasteiger partial charge in [0.25, 0.3) is 0 Å². The van der Waals surface area contributed by atoms with Gasteiger partial charge in [0.05, 0.1) is 5.75 Å². The third kappa shape index (κ3) is 3.94. The highest BCUT2D eigenvalue weighted by atomic mass is 32.1. The van der Waals surface area contributed by atoms with E-state index in [4.69, 9.17) is 0 Å². The number of hydrogen-bond donors (Lipinski definition) is 1. The molecule has 1 unspecified atom stereocenters. The zero-order valence-electron chi connectivity index (χ0n) is 6.50. The third-order valence-corrected chi connectivity index (χ3v) is 1.54. The highest BCUT2D eigenvalue weighted by molar-refractivity contribution is 7.83. The largest absolute Gasteiger partial charge is 0.298 e. The van der Waals surface area contributed by atoms with Crippen molar-refractivity contribution < 1.29 is 4.79 Å². The molecule has 0 aromatic heterocycles. The number of hydrogen-bond acceptors (Lipinski definition) is 2. The van der Waals surface area contributed by atoms with Gasteiger partial charge in [-0.05, 0) is 19.3 Å². The van der Waals surface area contributed by atoms with Crippen molar-refractivity contribution in [3.05, 3.63) is 12.7 Å². The molecule has 0 heterocycles. The van der Waals surface area contributed by atoms with Gasteiger partial charge in [-0.2, -0.15) is 12.6 Å². The van der Waals surface area contributed by atoms with Crippen LogP contribution in [-0.2, 0) is 4.79 Å². The quantitative estimate of drug-likeness (QED) is 0.620. The van der Waals surface area contributed by atoms with Crippen molar-refractivity contribution in [3.8, 4) is 0 Å². The Labute approximate surface area is 68.6 Å². The summed E-state index contributed by atoms with van der Waals surface area (Å²) in [5, 5.41) is 0. The van der Waals surface area contributed by atoms with E-state index in [0.29, 0.717) is 5.92 Å². The number of carbonyl (C=O) groups is 1. The fourth-order valence-corrected chi connectivity index (χ4v) is 1.00. The van der Waals surface area contributed by atoms with E-state index in [-0.39, 0.29) is 11.7 Å². The Kier molecular flexibility index (Phi) is 4.79. The average Bonchev–Trinajstić information content (AvgIpc) is 1.85. The molecule has 0 N–H and O–H groups in total. The Morgan fingerprint density at radius 3 is 2.50 bits per heavy atom. The molecule has 2 radical (unpaired) electrons. The Hall–Kier alpha value is 0.0200. The fourth-order valence-electron chi connectivity index (χ4n) is 0.791. The summed E-state index contributed by atoms with van der Waals surface area (Å²) in [6, 6.07) is 0. The summed E-state index contributed by atoms with van der Waals surface area (Å²) in [7, 11) is 0. The normalized spacial score (nSPS) is 13.7. The maximum atomic E-state index is 10.9. The minimum Gasteiger partial charge on any atom is -0.298 e. The van der Waals surface area contributed by atoms with E-state index in [2.05, 4.69) is 33.4 Å². The van der Waals surface area contributed by atoms with Gasteiger partial charge in [-0.25, -0.2) is 0 Å². The molecule has 0 rings (SSSR count). The number of carbonyl (C=O) groups excluding carboxylic acids is 1. The minimum atomic E-state index is -0.113. The molecule has 2 heteroatoms. The van der Waals surface area contributed by atoms with Gasteiger partial charge in [0.1, 0.15) is 5.78 Å². The second-order valence-electron chi connectivity index (χ2n) is 2.86. The van der Waals surface area contributed by atoms with Crippen molar-refractivity contribution in [2.24, 2.45) is 11.8 Å². The predicted molar refractivity (Wildman–Crippen MR) is 46.6 cm³/mol. The van der Waals surface area contributed by atoms with Crippen LogP contribution < -0.4 is 0 Å². The van der Waals surface area contributed by atoms with Gasteiger partial charge in [-0.15, -0.1) is 0 Å². The average molecular weight is 158 g/mol. The predicted octanol–water partition coefficient (Wildman–Crippen LogP) is 2.14. The van der Waals surface area contributed by atoms with Gasteiger partial charge in [0, 0.05) is 5.92 Å². The highest BCUT2D eigenvalue weighted by Gasteiger charge is 2.12. The summed E-state index contributed by atoms with van der Waals surface area (Å²) in [6.07, 6.45) is 0.843. The summed E-state index contributed by atoms with van der Waals surface area (Å²) in [6.45, 7) is 7.87. The maximum Gasteiger partial charge on any atom is 0.150 e. The topological polar surface area (TPSA) is 17.1 Å². The van der Waals surface area contributed by atoms with Crippen molar-refractivity contribution in [2.45, 2.75) is 20.3 Å². The SMILES string of the molecule is [CH2]C(CC(C)C)C(=O)[CH]S. The molecule has 0 saturated heterocycles. The molecular weight excluding hydrogens is 144 g/mol. The Morgan fingerprint density at radius 1 is 1.70 bits per heavy atom. The third-order valence-electron chi connectivity index (χ3n) is 1.29. The lowest BCUT2D eigenvalue weighted by atomic mass is 9.96. The van der Waals surface area contributed by atoms with Gasteiger partial charge < -0.3 is 0 Å². The van der Waals surface area contributed by atoms with Gasteiger partial charge in [0.15, 0.2) is 0 Å². The van der Waals surface area contributed by atoms with Crippen molar-refractivity contribution in [1.29, 1.82) is 0 Å². The molecule has 0 aliphatic carbocycles. The van der Waals surface area contributed by atoms with Crippen molar-refractivity contribution in [3.63, 3.8) is 0 Å². The first-order valence-electron chi connectivity index (χ1n) is 3.42. The molecule has 0 aliphatic heterocycles. The van der Waals surface area contributed by atoms with Gasteiger partial charge >= 0.3 is 0 Å². The number of thiol groups is 1. The van der Waals surface area contributed by atoms with Crippen molar-refractivity contribution >= 4 is 18.4 Å². The summed E-state index contributed by atoms with van der Waals surface area (Å²) in [4.78, 5) is 10.9. The molecule has 0 bridgehead atoms. The van der Waals surface area contributed by atoms with Crippen molar-refractivity contribution in [1.82, 2.24) is 0 Å². The summed E-state index contributed by atoms with van der Waals surface area (Å²) in [5.41, 5.74) is 0. The zero-order chi connectivity index (χ0) is 8.15. The van der Waals surface area contributed by atoms with Gasteiger partial charge in [-0.3, -0.25) is 4.79 Å². The van der Waals surface area contributed by atoms with E-state index in [0.717, 1.165) is 6.42 Å². The van der Waals surface area contributed by atoms with Crippen LogP contribution in [0.2, 0.25) is 0 Å². The van der Waals surface area contributed by atoms with Gasteiger partial charge in [-0.1, -0.05) is 13.8 Å². The van der Waals surface area contributed by atoms with Crippen LogP contribution in [0.15, 0.2) is 0 Å². The van der Waals surface area contributed by atoms with Crippen LogP contribution in [0.25, 0.3) is 0 Å². The van der Waals surface area contributed by atoms with Crippen LogP contribution in [0, 0.1) is 24.5 Å². The fraction of sp³-hybridized carbons (Fsp3) is 0.625. The van der Waals surface area contributed by atoms with E-state index in [1.165, 1.54) is 5.75 Å². The molecule has 0 aromatic rings. The molecule has 0 fully saturated rings. The molecule has 58 valence electrons. The number of ketones is 1. The van der Waals surface area contributed by atoms with E-state index in [1.54, 1.807) is 0 Å². The molecule has 1 nitrogen and oxygen atoms in total. The van der Waals surface area contributed by atoms with Gasteiger partial charge in [0.2, 0.25) is 0 Å². The van der Waals surface area contributed by atoms with E-state index >= 15 is 0 Å². The van der Waals surface area contributed by atoms with Crippen LogP contribution >= 0.6 is 12.6 Å². The second-order valence-corrected chi connectivity index (χ2v) is 3.12. The van der Waals surface area contributed by atoms with Crippen LogP contribution in [-0.4, -0.2) is 5.78 Å². The molecule has 1 atom stereocenters. The first-order valence-corrected chi connectivity index (χ1v) is 3.94. The standard InChI is InChI=1S/C8H14OS/c1-6(2)4-7(3)8(9)5-10/h5-7,10H,3-4H2,1-2H3. The monoisotopic (exact) mass is 158 g/mol. The van der Waals surface area contributed by atoms with Crippen LogP contribution in [0.1, 0.15) is 20.3 Å². The number of rotatable bonds is 4. The first-order chi connectivity index (χ1) is 4.57. The molecule has 0 aromatic carbocycles. The lowest BCUT2D eigenvalue weighted by molar-refractivity contribution is -0.117. The smallest absolute Gasteiger partial charge is 0.150 e. The Bertz CT molecular complexity index is 110. The van der Waals surface area contributed by atoms with Crippen LogP contribution in [0.4, 0.5) is 0 Å². The molecule has 0 aliphatic rings. The zero-order valence-corrected chi connectivity index (χ0v) is 7.40. The Balaban J connectivity index is 3.61.